The number of benzene rings is 1. The molecule has 0 bridgehead atoms. The molecule has 2 aromatic rings. The van der Waals surface area contributed by atoms with Crippen LogP contribution in [0.3, 0.4) is 0 Å². The lowest BCUT2D eigenvalue weighted by Gasteiger charge is -2.40. The van der Waals surface area contributed by atoms with Gasteiger partial charge in [0.05, 0.1) is 16.8 Å². The summed E-state index contributed by atoms with van der Waals surface area (Å²) >= 11 is 0. The lowest BCUT2D eigenvalue weighted by atomic mass is 9.80. The first-order chi connectivity index (χ1) is 9.31. The number of para-hydroxylation sites is 1. The first kappa shape index (κ1) is 12.6. The van der Waals surface area contributed by atoms with Gasteiger partial charge in [-0.25, -0.2) is 0 Å². The lowest BCUT2D eigenvalue weighted by molar-refractivity contribution is -0.0695. The normalized spacial score (nSPS) is 17.3. The molecule has 0 radical (unpaired) electrons. The maximum Gasteiger partial charge on any atom is 0.0802 e. The Bertz CT molecular complexity index is 558. The Hall–Kier alpha value is -1.45. The fraction of sp³-hybridized carbons (Fsp3) is 0.438. The highest BCUT2D eigenvalue weighted by atomic mass is 16.5. The summed E-state index contributed by atoms with van der Waals surface area (Å²) in [5.74, 6) is 0. The Labute approximate surface area is 114 Å². The number of rotatable bonds is 5. The van der Waals surface area contributed by atoms with Crippen LogP contribution in [0.4, 0.5) is 0 Å². The van der Waals surface area contributed by atoms with Gasteiger partial charge in [0.25, 0.3) is 0 Å². The van der Waals surface area contributed by atoms with E-state index in [2.05, 4.69) is 34.6 Å². The molecule has 1 aromatic heterocycles. The van der Waals surface area contributed by atoms with Gasteiger partial charge in [-0.1, -0.05) is 24.3 Å². The minimum absolute atomic E-state index is 0.0802. The van der Waals surface area contributed by atoms with Crippen molar-refractivity contribution in [3.63, 3.8) is 0 Å². The number of hydrogen-bond acceptors (Lipinski definition) is 3. The van der Waals surface area contributed by atoms with E-state index in [9.17, 15) is 0 Å². The Morgan fingerprint density at radius 1 is 1.21 bits per heavy atom. The monoisotopic (exact) mass is 256 g/mol. The van der Waals surface area contributed by atoms with Crippen molar-refractivity contribution in [3.05, 3.63) is 42.1 Å². The summed E-state index contributed by atoms with van der Waals surface area (Å²) in [6.07, 6.45) is 3.62. The number of nitrogens with one attached hydrogen (secondary N) is 1. The highest BCUT2D eigenvalue weighted by Crippen LogP contribution is 2.34. The van der Waals surface area contributed by atoms with Gasteiger partial charge < -0.3 is 10.1 Å². The van der Waals surface area contributed by atoms with Gasteiger partial charge in [0.15, 0.2) is 0 Å². The molecule has 0 amide bonds. The van der Waals surface area contributed by atoms with Crippen LogP contribution in [-0.2, 0) is 11.3 Å². The number of methoxy groups -OCH3 is 1. The summed E-state index contributed by atoms with van der Waals surface area (Å²) in [5, 5.41) is 4.67. The van der Waals surface area contributed by atoms with E-state index in [1.54, 1.807) is 0 Å². The van der Waals surface area contributed by atoms with Crippen molar-refractivity contribution in [1.82, 2.24) is 10.3 Å². The highest BCUT2D eigenvalue weighted by Gasteiger charge is 2.36. The van der Waals surface area contributed by atoms with Gasteiger partial charge >= 0.3 is 0 Å². The van der Waals surface area contributed by atoms with E-state index in [4.69, 9.17) is 4.74 Å². The molecule has 3 rings (SSSR count). The molecule has 100 valence electrons. The quantitative estimate of drug-likeness (QED) is 0.893. The van der Waals surface area contributed by atoms with E-state index in [1.165, 1.54) is 24.6 Å². The van der Waals surface area contributed by atoms with Crippen LogP contribution >= 0.6 is 0 Å². The number of pyridine rings is 1. The second-order valence-electron chi connectivity index (χ2n) is 5.34. The molecule has 1 fully saturated rings. The Morgan fingerprint density at radius 2 is 2.05 bits per heavy atom. The Balaban J connectivity index is 1.62. The first-order valence-electron chi connectivity index (χ1n) is 6.92. The maximum absolute atomic E-state index is 5.60. The van der Waals surface area contributed by atoms with Crippen molar-refractivity contribution < 1.29 is 4.74 Å². The van der Waals surface area contributed by atoms with Crippen molar-refractivity contribution >= 4 is 10.9 Å². The van der Waals surface area contributed by atoms with Crippen molar-refractivity contribution in [3.8, 4) is 0 Å². The highest BCUT2D eigenvalue weighted by molar-refractivity contribution is 5.78. The average Bonchev–Trinajstić information content (AvgIpc) is 2.42. The van der Waals surface area contributed by atoms with Crippen LogP contribution in [0.5, 0.6) is 0 Å². The van der Waals surface area contributed by atoms with Gasteiger partial charge in [-0.3, -0.25) is 4.98 Å². The molecule has 0 atom stereocenters. The summed E-state index contributed by atoms with van der Waals surface area (Å²) < 4.78 is 5.60. The smallest absolute Gasteiger partial charge is 0.0802 e. The van der Waals surface area contributed by atoms with Crippen LogP contribution in [0.1, 0.15) is 25.0 Å². The summed E-state index contributed by atoms with van der Waals surface area (Å²) in [6.45, 7) is 1.72. The van der Waals surface area contributed by atoms with Gasteiger partial charge in [0.1, 0.15) is 0 Å². The van der Waals surface area contributed by atoms with Crippen LogP contribution < -0.4 is 5.32 Å². The number of nitrogens with zero attached hydrogens (tertiary/aromatic N) is 1. The number of aromatic nitrogens is 1. The second kappa shape index (κ2) is 5.27. The average molecular weight is 256 g/mol. The minimum atomic E-state index is 0.0802. The molecule has 19 heavy (non-hydrogen) atoms. The Morgan fingerprint density at radius 3 is 2.79 bits per heavy atom. The summed E-state index contributed by atoms with van der Waals surface area (Å²) in [6, 6.07) is 12.4. The third-order valence-corrected chi connectivity index (χ3v) is 4.11. The molecule has 1 heterocycles. The molecule has 1 N–H and O–H groups in total. The SMILES string of the molecule is COC1(CNCc2ccc3ccccc3n2)CCC1. The molecule has 0 unspecified atom stereocenters. The molecule has 0 aliphatic heterocycles. The van der Waals surface area contributed by atoms with Crippen molar-refractivity contribution in [2.75, 3.05) is 13.7 Å². The van der Waals surface area contributed by atoms with Gasteiger partial charge in [-0.2, -0.15) is 0 Å². The third kappa shape index (κ3) is 2.62. The Kier molecular flexibility index (Phi) is 3.49. The largest absolute Gasteiger partial charge is 0.377 e. The van der Waals surface area contributed by atoms with Gasteiger partial charge in [0, 0.05) is 25.6 Å². The van der Waals surface area contributed by atoms with Crippen LogP contribution in [0.25, 0.3) is 10.9 Å². The molecule has 1 saturated carbocycles. The summed E-state index contributed by atoms with van der Waals surface area (Å²) in [7, 11) is 1.81. The summed E-state index contributed by atoms with van der Waals surface area (Å²) in [4.78, 5) is 4.66. The maximum atomic E-state index is 5.60. The standard InChI is InChI=1S/C16H20N2O/c1-19-16(9-4-10-16)12-17-11-14-8-7-13-5-2-3-6-15(13)18-14/h2-3,5-8,17H,4,9-12H2,1H3. The fourth-order valence-electron chi connectivity index (χ4n) is 2.65. The second-order valence-corrected chi connectivity index (χ2v) is 5.34. The molecule has 0 spiro atoms. The molecule has 3 heteroatoms. The van der Waals surface area contributed by atoms with E-state index in [0.29, 0.717) is 0 Å². The fourth-order valence-corrected chi connectivity index (χ4v) is 2.65. The van der Waals surface area contributed by atoms with Crippen molar-refractivity contribution in [1.29, 1.82) is 0 Å². The molecular weight excluding hydrogens is 236 g/mol. The van der Waals surface area contributed by atoms with E-state index in [1.807, 2.05) is 19.2 Å². The van der Waals surface area contributed by atoms with E-state index >= 15 is 0 Å². The van der Waals surface area contributed by atoms with Crippen LogP contribution in [0.15, 0.2) is 36.4 Å². The number of ether oxygens (including phenoxy) is 1. The first-order valence-corrected chi connectivity index (χ1v) is 6.92. The summed E-state index contributed by atoms with van der Waals surface area (Å²) in [5.41, 5.74) is 2.23. The zero-order valence-corrected chi connectivity index (χ0v) is 11.4. The predicted molar refractivity (Wildman–Crippen MR) is 77.0 cm³/mol. The number of fused-ring (bicyclic) bond motifs is 1. The van der Waals surface area contributed by atoms with E-state index in [-0.39, 0.29) is 5.60 Å². The predicted octanol–water partition coefficient (Wildman–Crippen LogP) is 2.89. The number of hydrogen-bond donors (Lipinski definition) is 1. The molecule has 1 aliphatic rings. The molecule has 1 aromatic carbocycles. The van der Waals surface area contributed by atoms with Crippen LogP contribution in [0.2, 0.25) is 0 Å². The van der Waals surface area contributed by atoms with Crippen LogP contribution in [-0.4, -0.2) is 24.2 Å². The molecular formula is C16H20N2O. The minimum Gasteiger partial charge on any atom is -0.377 e. The zero-order chi connectivity index (χ0) is 13.1. The zero-order valence-electron chi connectivity index (χ0n) is 11.4. The van der Waals surface area contributed by atoms with Crippen molar-refractivity contribution in [2.24, 2.45) is 0 Å². The van der Waals surface area contributed by atoms with Gasteiger partial charge in [-0.15, -0.1) is 0 Å². The third-order valence-electron chi connectivity index (χ3n) is 4.11. The van der Waals surface area contributed by atoms with E-state index in [0.717, 1.165) is 24.3 Å². The van der Waals surface area contributed by atoms with Crippen LogP contribution in [0, 0.1) is 0 Å². The van der Waals surface area contributed by atoms with Crippen molar-refractivity contribution in [2.45, 2.75) is 31.4 Å². The lowest BCUT2D eigenvalue weighted by Crippen LogP contribution is -2.47. The van der Waals surface area contributed by atoms with Gasteiger partial charge in [-0.05, 0) is 31.4 Å². The molecule has 0 saturated heterocycles. The topological polar surface area (TPSA) is 34.1 Å². The van der Waals surface area contributed by atoms with E-state index < -0.39 is 0 Å². The molecule has 3 nitrogen and oxygen atoms in total. The van der Waals surface area contributed by atoms with Gasteiger partial charge in [0.2, 0.25) is 0 Å². The molecule has 1 aliphatic carbocycles.